The number of benzene rings is 2. The summed E-state index contributed by atoms with van der Waals surface area (Å²) in [7, 11) is 0. The normalized spacial score (nSPS) is 10.2. The number of non-ortho nitro benzene ring substituents is 1. The van der Waals surface area contributed by atoms with E-state index in [1.165, 1.54) is 6.07 Å². The van der Waals surface area contributed by atoms with Gasteiger partial charge in [0.05, 0.1) is 4.92 Å². The molecule has 0 fully saturated rings. The molecule has 0 saturated carbocycles. The molecule has 21 heavy (non-hydrogen) atoms. The molecule has 0 aliphatic carbocycles. The Hall–Kier alpha value is -2.56. The van der Waals surface area contributed by atoms with Crippen molar-refractivity contribution in [3.8, 4) is 5.75 Å². The molecule has 0 aliphatic rings. The SMILES string of the molecule is CCNc1ccc([N+](=O)[O-])cc1COc1cccc(C)c1. The van der Waals surface area contributed by atoms with Crippen LogP contribution in [0.2, 0.25) is 0 Å². The highest BCUT2D eigenvalue weighted by Crippen LogP contribution is 2.24. The van der Waals surface area contributed by atoms with Gasteiger partial charge >= 0.3 is 0 Å². The van der Waals surface area contributed by atoms with Gasteiger partial charge in [0, 0.05) is 29.9 Å². The molecule has 0 atom stereocenters. The molecule has 0 radical (unpaired) electrons. The first-order valence-electron chi connectivity index (χ1n) is 6.81. The second kappa shape index (κ2) is 6.74. The zero-order valence-electron chi connectivity index (χ0n) is 12.1. The molecule has 0 heterocycles. The van der Waals surface area contributed by atoms with Crippen LogP contribution in [0.3, 0.4) is 0 Å². The third-order valence-electron chi connectivity index (χ3n) is 3.05. The standard InChI is InChI=1S/C16H18N2O3/c1-3-17-16-8-7-14(18(19)20)10-13(16)11-21-15-6-4-5-12(2)9-15/h4-10,17H,3,11H2,1-2H3. The Bertz CT molecular complexity index is 641. The van der Waals surface area contributed by atoms with Crippen LogP contribution in [0.5, 0.6) is 5.75 Å². The van der Waals surface area contributed by atoms with E-state index in [-0.39, 0.29) is 12.3 Å². The van der Waals surface area contributed by atoms with Gasteiger partial charge in [0.25, 0.3) is 5.69 Å². The number of nitrogens with zero attached hydrogens (tertiary/aromatic N) is 1. The summed E-state index contributed by atoms with van der Waals surface area (Å²) in [5.41, 5.74) is 2.81. The van der Waals surface area contributed by atoms with E-state index in [1.807, 2.05) is 38.1 Å². The number of hydrogen-bond donors (Lipinski definition) is 1. The van der Waals surface area contributed by atoms with Crippen molar-refractivity contribution >= 4 is 11.4 Å². The number of nitrogens with one attached hydrogen (secondary N) is 1. The van der Waals surface area contributed by atoms with E-state index in [2.05, 4.69) is 5.32 Å². The van der Waals surface area contributed by atoms with Crippen molar-refractivity contribution in [2.75, 3.05) is 11.9 Å². The molecule has 110 valence electrons. The second-order valence-electron chi connectivity index (χ2n) is 4.73. The maximum absolute atomic E-state index is 10.9. The molecule has 0 spiro atoms. The molecule has 0 amide bonds. The van der Waals surface area contributed by atoms with Gasteiger partial charge in [-0.3, -0.25) is 10.1 Å². The largest absolute Gasteiger partial charge is 0.489 e. The Morgan fingerprint density at radius 1 is 1.24 bits per heavy atom. The maximum atomic E-state index is 10.9. The van der Waals surface area contributed by atoms with Gasteiger partial charge in [-0.1, -0.05) is 12.1 Å². The van der Waals surface area contributed by atoms with Crippen molar-refractivity contribution in [3.05, 3.63) is 63.7 Å². The van der Waals surface area contributed by atoms with Gasteiger partial charge in [-0.15, -0.1) is 0 Å². The smallest absolute Gasteiger partial charge is 0.269 e. The minimum absolute atomic E-state index is 0.0690. The van der Waals surface area contributed by atoms with Crippen LogP contribution in [0.4, 0.5) is 11.4 Å². The molecule has 0 saturated heterocycles. The molecule has 5 heteroatoms. The van der Waals surface area contributed by atoms with Gasteiger partial charge in [-0.05, 0) is 37.6 Å². The van der Waals surface area contributed by atoms with Crippen molar-refractivity contribution in [3.63, 3.8) is 0 Å². The Labute approximate surface area is 123 Å². The zero-order chi connectivity index (χ0) is 15.2. The van der Waals surface area contributed by atoms with Crippen molar-refractivity contribution in [1.82, 2.24) is 0 Å². The van der Waals surface area contributed by atoms with Crippen molar-refractivity contribution in [2.24, 2.45) is 0 Å². The summed E-state index contributed by atoms with van der Waals surface area (Å²) in [4.78, 5) is 10.5. The number of rotatable bonds is 6. The number of hydrogen-bond acceptors (Lipinski definition) is 4. The molecule has 5 nitrogen and oxygen atoms in total. The molecule has 0 aliphatic heterocycles. The van der Waals surface area contributed by atoms with E-state index >= 15 is 0 Å². The maximum Gasteiger partial charge on any atom is 0.269 e. The van der Waals surface area contributed by atoms with Crippen LogP contribution in [0.15, 0.2) is 42.5 Å². The number of anilines is 1. The molecular weight excluding hydrogens is 268 g/mol. The van der Waals surface area contributed by atoms with Gasteiger partial charge in [-0.25, -0.2) is 0 Å². The van der Waals surface area contributed by atoms with Crippen LogP contribution in [0, 0.1) is 17.0 Å². The monoisotopic (exact) mass is 286 g/mol. The summed E-state index contributed by atoms with van der Waals surface area (Å²) < 4.78 is 5.73. The highest BCUT2D eigenvalue weighted by atomic mass is 16.6. The third kappa shape index (κ3) is 3.95. The summed E-state index contributed by atoms with van der Waals surface area (Å²) in [5.74, 6) is 0.754. The molecule has 2 rings (SSSR count). The van der Waals surface area contributed by atoms with E-state index in [0.29, 0.717) is 0 Å². The first kappa shape index (κ1) is 14.8. The highest BCUT2D eigenvalue weighted by molar-refractivity contribution is 5.56. The van der Waals surface area contributed by atoms with Gasteiger partial charge in [-0.2, -0.15) is 0 Å². The van der Waals surface area contributed by atoms with Crippen LogP contribution >= 0.6 is 0 Å². The lowest BCUT2D eigenvalue weighted by molar-refractivity contribution is -0.384. The first-order chi connectivity index (χ1) is 10.1. The Morgan fingerprint density at radius 2 is 2.05 bits per heavy atom. The predicted octanol–water partition coefficient (Wildman–Crippen LogP) is 3.91. The summed E-state index contributed by atoms with van der Waals surface area (Å²) >= 11 is 0. The van der Waals surface area contributed by atoms with E-state index < -0.39 is 4.92 Å². The highest BCUT2D eigenvalue weighted by Gasteiger charge is 2.11. The Balaban J connectivity index is 2.20. The minimum atomic E-state index is -0.397. The van der Waals surface area contributed by atoms with Gasteiger partial charge < -0.3 is 10.1 Å². The summed E-state index contributed by atoms with van der Waals surface area (Å²) in [5, 5.41) is 14.1. The van der Waals surface area contributed by atoms with Crippen LogP contribution in [-0.4, -0.2) is 11.5 Å². The van der Waals surface area contributed by atoms with Crippen LogP contribution in [-0.2, 0) is 6.61 Å². The molecule has 1 N–H and O–H groups in total. The van der Waals surface area contributed by atoms with Crippen LogP contribution in [0.1, 0.15) is 18.1 Å². The molecule has 0 unspecified atom stereocenters. The second-order valence-corrected chi connectivity index (χ2v) is 4.73. The number of nitro benzene ring substituents is 1. The van der Waals surface area contributed by atoms with Gasteiger partial charge in [0.15, 0.2) is 0 Å². The van der Waals surface area contributed by atoms with Crippen molar-refractivity contribution in [1.29, 1.82) is 0 Å². The lowest BCUT2D eigenvalue weighted by Gasteiger charge is -2.12. The number of nitro groups is 1. The Morgan fingerprint density at radius 3 is 2.71 bits per heavy atom. The van der Waals surface area contributed by atoms with E-state index in [9.17, 15) is 10.1 Å². The lowest BCUT2D eigenvalue weighted by Crippen LogP contribution is -2.05. The van der Waals surface area contributed by atoms with Crippen molar-refractivity contribution in [2.45, 2.75) is 20.5 Å². The summed E-state index contributed by atoms with van der Waals surface area (Å²) in [6, 6.07) is 12.5. The predicted molar refractivity (Wildman–Crippen MR) is 82.8 cm³/mol. The van der Waals surface area contributed by atoms with E-state index in [4.69, 9.17) is 4.74 Å². The Kier molecular flexibility index (Phi) is 4.77. The fraction of sp³-hybridized carbons (Fsp3) is 0.250. The van der Waals surface area contributed by atoms with Crippen molar-refractivity contribution < 1.29 is 9.66 Å². The topological polar surface area (TPSA) is 64.4 Å². The molecule has 2 aromatic carbocycles. The summed E-state index contributed by atoms with van der Waals surface area (Å²) in [6.07, 6.45) is 0. The van der Waals surface area contributed by atoms with E-state index in [0.717, 1.165) is 29.1 Å². The average molecular weight is 286 g/mol. The molecule has 2 aromatic rings. The minimum Gasteiger partial charge on any atom is -0.489 e. The lowest BCUT2D eigenvalue weighted by atomic mass is 10.1. The van der Waals surface area contributed by atoms with Gasteiger partial charge in [0.1, 0.15) is 12.4 Å². The van der Waals surface area contributed by atoms with Crippen LogP contribution < -0.4 is 10.1 Å². The quantitative estimate of drug-likeness (QED) is 0.646. The van der Waals surface area contributed by atoms with E-state index in [1.54, 1.807) is 12.1 Å². The summed E-state index contributed by atoms with van der Waals surface area (Å²) in [6.45, 7) is 5.00. The molecule has 0 aromatic heterocycles. The first-order valence-corrected chi connectivity index (χ1v) is 6.81. The fourth-order valence-corrected chi connectivity index (χ4v) is 2.04. The zero-order valence-corrected chi connectivity index (χ0v) is 12.1. The number of aryl methyl sites for hydroxylation is 1. The molecule has 0 bridgehead atoms. The third-order valence-corrected chi connectivity index (χ3v) is 3.05. The van der Waals surface area contributed by atoms with Gasteiger partial charge in [0.2, 0.25) is 0 Å². The average Bonchev–Trinajstić information content (AvgIpc) is 2.46. The fourth-order valence-electron chi connectivity index (χ4n) is 2.04. The van der Waals surface area contributed by atoms with Crippen LogP contribution in [0.25, 0.3) is 0 Å². The molecular formula is C16H18N2O3. The number of ether oxygens (including phenoxy) is 1.